The van der Waals surface area contributed by atoms with Crippen LogP contribution in [0, 0.1) is 5.92 Å². The predicted molar refractivity (Wildman–Crippen MR) is 148 cm³/mol. The van der Waals surface area contributed by atoms with Crippen LogP contribution in [0.15, 0.2) is 100.0 Å². The molecule has 0 saturated heterocycles. The van der Waals surface area contributed by atoms with Crippen molar-refractivity contribution in [3.63, 3.8) is 0 Å². The average molecular weight is 565 g/mol. The van der Waals surface area contributed by atoms with Crippen molar-refractivity contribution >= 4 is 45.1 Å². The molecule has 0 bridgehead atoms. The van der Waals surface area contributed by atoms with Crippen LogP contribution in [0.3, 0.4) is 0 Å². The standard InChI is InChI=1S/C29H27BrClN3O2/c1-32-29(36)27(15-20-9-5-11-23(30)14-20)34-28(35)25-17-26(21-10-6-12-24(31)16-21)33-18-22(25)13-19-7-3-2-4-8-19/h2-12,14,16-17,22,27H,13,15,18H2,1H3,(H,32,36)(H,34,35)/t22?,27-/m0/s1. The first-order valence-electron chi connectivity index (χ1n) is 11.8. The number of allylic oxidation sites excluding steroid dienone is 1. The molecule has 3 aromatic rings. The molecular weight excluding hydrogens is 538 g/mol. The van der Waals surface area contributed by atoms with E-state index in [0.717, 1.165) is 21.2 Å². The minimum atomic E-state index is -0.719. The summed E-state index contributed by atoms with van der Waals surface area (Å²) in [6.45, 7) is 0.465. The maximum atomic E-state index is 13.7. The zero-order valence-corrected chi connectivity index (χ0v) is 22.2. The lowest BCUT2D eigenvalue weighted by molar-refractivity contribution is -0.127. The van der Waals surface area contributed by atoms with Crippen molar-refractivity contribution < 1.29 is 9.59 Å². The number of halogens is 2. The number of likely N-dealkylation sites (N-methyl/N-ethyl adjacent to an activating group) is 1. The number of nitrogens with one attached hydrogen (secondary N) is 2. The molecule has 0 radical (unpaired) electrons. The van der Waals surface area contributed by atoms with Gasteiger partial charge in [-0.15, -0.1) is 0 Å². The number of rotatable bonds is 8. The molecule has 0 aliphatic carbocycles. The van der Waals surface area contributed by atoms with Crippen LogP contribution in [0.5, 0.6) is 0 Å². The van der Waals surface area contributed by atoms with Crippen LogP contribution in [0.25, 0.3) is 0 Å². The number of carbonyl (C=O) groups is 2. The summed E-state index contributed by atoms with van der Waals surface area (Å²) < 4.78 is 0.919. The van der Waals surface area contributed by atoms with Crippen molar-refractivity contribution in [1.82, 2.24) is 10.6 Å². The normalized spacial score (nSPS) is 15.9. The Labute approximate surface area is 224 Å². The molecule has 0 aromatic heterocycles. The monoisotopic (exact) mass is 563 g/mol. The first-order chi connectivity index (χ1) is 17.4. The smallest absolute Gasteiger partial charge is 0.248 e. The second-order valence-electron chi connectivity index (χ2n) is 8.70. The summed E-state index contributed by atoms with van der Waals surface area (Å²) >= 11 is 9.68. The summed E-state index contributed by atoms with van der Waals surface area (Å²) in [6.07, 6.45) is 2.87. The summed E-state index contributed by atoms with van der Waals surface area (Å²) in [6, 6.07) is 24.5. The molecule has 1 heterocycles. The van der Waals surface area contributed by atoms with Gasteiger partial charge in [0.1, 0.15) is 6.04 Å². The average Bonchev–Trinajstić information content (AvgIpc) is 2.88. The SMILES string of the molecule is CNC(=O)[C@H](Cc1cccc(Br)c1)NC(=O)C1=CC(c2cccc(Cl)c2)=NCC1Cc1ccccc1. The zero-order chi connectivity index (χ0) is 25.5. The number of amides is 2. The number of hydrogen-bond acceptors (Lipinski definition) is 3. The predicted octanol–water partition coefficient (Wildman–Crippen LogP) is 5.16. The molecule has 0 spiro atoms. The summed E-state index contributed by atoms with van der Waals surface area (Å²) in [7, 11) is 1.57. The van der Waals surface area contributed by atoms with Crippen LogP contribution < -0.4 is 10.6 Å². The van der Waals surface area contributed by atoms with Gasteiger partial charge in [0.2, 0.25) is 11.8 Å². The highest BCUT2D eigenvalue weighted by Crippen LogP contribution is 2.25. The molecule has 2 N–H and O–H groups in total. The van der Waals surface area contributed by atoms with Gasteiger partial charge in [-0.1, -0.05) is 82.1 Å². The number of benzene rings is 3. The second kappa shape index (κ2) is 12.2. The van der Waals surface area contributed by atoms with Gasteiger partial charge < -0.3 is 10.6 Å². The van der Waals surface area contributed by atoms with Crippen LogP contribution in [0.2, 0.25) is 5.02 Å². The van der Waals surface area contributed by atoms with E-state index < -0.39 is 6.04 Å². The molecule has 36 heavy (non-hydrogen) atoms. The molecule has 5 nitrogen and oxygen atoms in total. The van der Waals surface area contributed by atoms with Crippen molar-refractivity contribution in [3.8, 4) is 0 Å². The van der Waals surface area contributed by atoms with Gasteiger partial charge in [-0.2, -0.15) is 0 Å². The van der Waals surface area contributed by atoms with E-state index in [1.54, 1.807) is 13.1 Å². The maximum absolute atomic E-state index is 13.7. The highest BCUT2D eigenvalue weighted by Gasteiger charge is 2.29. The highest BCUT2D eigenvalue weighted by atomic mass is 79.9. The van der Waals surface area contributed by atoms with Gasteiger partial charge in [-0.05, 0) is 47.9 Å². The Hall–Kier alpha value is -3.22. The number of nitrogens with zero attached hydrogens (tertiary/aromatic N) is 1. The minimum absolute atomic E-state index is 0.119. The van der Waals surface area contributed by atoms with Gasteiger partial charge in [0.25, 0.3) is 0 Å². The lowest BCUT2D eigenvalue weighted by Gasteiger charge is -2.25. The minimum Gasteiger partial charge on any atom is -0.357 e. The van der Waals surface area contributed by atoms with Crippen molar-refractivity contribution in [1.29, 1.82) is 0 Å². The third-order valence-electron chi connectivity index (χ3n) is 6.12. The van der Waals surface area contributed by atoms with Crippen LogP contribution in [0.1, 0.15) is 16.7 Å². The summed E-state index contributed by atoms with van der Waals surface area (Å²) in [5.41, 5.74) is 4.22. The zero-order valence-electron chi connectivity index (χ0n) is 19.9. The van der Waals surface area contributed by atoms with Gasteiger partial charge in [-0.25, -0.2) is 0 Å². The lowest BCUT2D eigenvalue weighted by Crippen LogP contribution is -2.48. The van der Waals surface area contributed by atoms with Gasteiger partial charge >= 0.3 is 0 Å². The Balaban J connectivity index is 1.62. The summed E-state index contributed by atoms with van der Waals surface area (Å²) in [5.74, 6) is -0.636. The third kappa shape index (κ3) is 6.71. The third-order valence-corrected chi connectivity index (χ3v) is 6.85. The lowest BCUT2D eigenvalue weighted by atomic mass is 9.87. The topological polar surface area (TPSA) is 70.6 Å². The fourth-order valence-corrected chi connectivity index (χ4v) is 4.93. The Morgan fingerprint density at radius 2 is 1.78 bits per heavy atom. The quantitative estimate of drug-likeness (QED) is 0.397. The van der Waals surface area contributed by atoms with Gasteiger partial charge in [-0.3, -0.25) is 14.6 Å². The first kappa shape index (κ1) is 25.9. The van der Waals surface area contributed by atoms with E-state index in [4.69, 9.17) is 16.6 Å². The molecule has 1 unspecified atom stereocenters. The molecule has 1 aliphatic heterocycles. The molecule has 2 amide bonds. The van der Waals surface area contributed by atoms with Crippen molar-refractivity contribution in [2.75, 3.05) is 13.6 Å². The largest absolute Gasteiger partial charge is 0.357 e. The molecule has 4 rings (SSSR count). The van der Waals surface area contributed by atoms with Crippen molar-refractivity contribution in [3.05, 3.63) is 117 Å². The first-order valence-corrected chi connectivity index (χ1v) is 12.9. The molecule has 184 valence electrons. The molecule has 2 atom stereocenters. The van der Waals surface area contributed by atoms with E-state index in [0.29, 0.717) is 35.7 Å². The molecule has 3 aromatic carbocycles. The fraction of sp³-hybridized carbons (Fsp3) is 0.207. The fourth-order valence-electron chi connectivity index (χ4n) is 4.29. The van der Waals surface area contributed by atoms with E-state index in [2.05, 4.69) is 26.6 Å². The summed E-state index contributed by atoms with van der Waals surface area (Å²) in [4.78, 5) is 31.2. The van der Waals surface area contributed by atoms with E-state index in [9.17, 15) is 9.59 Å². The molecule has 1 aliphatic rings. The van der Waals surface area contributed by atoms with Gasteiger partial charge in [0.15, 0.2) is 0 Å². The van der Waals surface area contributed by atoms with Crippen molar-refractivity contribution in [2.24, 2.45) is 10.9 Å². The molecule has 0 saturated carbocycles. The Bertz CT molecular complexity index is 1310. The molecule has 0 fully saturated rings. The Kier molecular flexibility index (Phi) is 8.73. The molecule has 7 heteroatoms. The van der Waals surface area contributed by atoms with Crippen LogP contribution >= 0.6 is 27.5 Å². The summed E-state index contributed by atoms with van der Waals surface area (Å²) in [5, 5.41) is 6.27. The van der Waals surface area contributed by atoms with Crippen LogP contribution in [-0.2, 0) is 22.4 Å². The van der Waals surface area contributed by atoms with Crippen LogP contribution in [0.4, 0.5) is 0 Å². The Morgan fingerprint density at radius 1 is 1.03 bits per heavy atom. The van der Waals surface area contributed by atoms with Crippen molar-refractivity contribution in [2.45, 2.75) is 18.9 Å². The Morgan fingerprint density at radius 3 is 2.50 bits per heavy atom. The maximum Gasteiger partial charge on any atom is 0.248 e. The van der Waals surface area contributed by atoms with Crippen LogP contribution in [-0.4, -0.2) is 37.2 Å². The second-order valence-corrected chi connectivity index (χ2v) is 10.0. The van der Waals surface area contributed by atoms with E-state index in [1.165, 1.54) is 0 Å². The number of aliphatic imine (C=N–C) groups is 1. The highest BCUT2D eigenvalue weighted by molar-refractivity contribution is 9.10. The number of hydrogen-bond donors (Lipinski definition) is 2. The molecular formula is C29H27BrClN3O2. The number of dihydropyridines is 1. The van der Waals surface area contributed by atoms with E-state index in [-0.39, 0.29) is 17.7 Å². The van der Waals surface area contributed by atoms with Gasteiger partial charge in [0, 0.05) is 46.6 Å². The van der Waals surface area contributed by atoms with E-state index in [1.807, 2.05) is 78.9 Å². The van der Waals surface area contributed by atoms with Gasteiger partial charge in [0.05, 0.1) is 5.71 Å². The number of carbonyl (C=O) groups excluding carboxylic acids is 2. The van der Waals surface area contributed by atoms with E-state index >= 15 is 0 Å².